The summed E-state index contributed by atoms with van der Waals surface area (Å²) in [6, 6.07) is 4.02. The highest BCUT2D eigenvalue weighted by molar-refractivity contribution is 5.94. The Balaban J connectivity index is 0.000000921. The summed E-state index contributed by atoms with van der Waals surface area (Å²) in [4.78, 5) is 12.7. The summed E-state index contributed by atoms with van der Waals surface area (Å²) in [5, 5.41) is 0. The molecule has 15 heavy (non-hydrogen) atoms. The molecule has 0 heterocycles. The average Bonchev–Trinajstić information content (AvgIpc) is 2.24. The Labute approximate surface area is 89.7 Å². The first-order valence-corrected chi connectivity index (χ1v) is 4.79. The molecular formula is C11H17FN2O. The van der Waals surface area contributed by atoms with Crippen LogP contribution < -0.4 is 5.73 Å². The summed E-state index contributed by atoms with van der Waals surface area (Å²) in [7, 11) is 3.22. The third kappa shape index (κ3) is 3.58. The van der Waals surface area contributed by atoms with Crippen LogP contribution in [0, 0.1) is 5.82 Å². The minimum atomic E-state index is -0.562. The van der Waals surface area contributed by atoms with E-state index < -0.39 is 5.82 Å². The van der Waals surface area contributed by atoms with Crippen LogP contribution >= 0.6 is 0 Å². The van der Waals surface area contributed by atoms with Crippen LogP contribution in [-0.4, -0.2) is 24.9 Å². The molecule has 0 radical (unpaired) electrons. The van der Waals surface area contributed by atoms with Crippen LogP contribution in [0.25, 0.3) is 0 Å². The number of carbonyl (C=O) groups excluding carboxylic acids is 1. The number of nitrogens with zero attached hydrogens (tertiary/aromatic N) is 1. The number of anilines is 1. The van der Waals surface area contributed by atoms with Crippen molar-refractivity contribution in [2.75, 3.05) is 19.8 Å². The molecule has 0 bridgehead atoms. The molecule has 3 nitrogen and oxygen atoms in total. The smallest absolute Gasteiger partial charge is 0.253 e. The lowest BCUT2D eigenvalue weighted by Crippen LogP contribution is -2.21. The third-order valence-electron chi connectivity index (χ3n) is 1.65. The summed E-state index contributed by atoms with van der Waals surface area (Å²) in [6.07, 6.45) is 0. The fourth-order valence-corrected chi connectivity index (χ4v) is 0.918. The molecule has 0 saturated heterocycles. The van der Waals surface area contributed by atoms with Gasteiger partial charge in [-0.25, -0.2) is 4.39 Å². The number of nitrogen functional groups attached to an aromatic ring is 1. The predicted molar refractivity (Wildman–Crippen MR) is 60.2 cm³/mol. The zero-order valence-electron chi connectivity index (χ0n) is 9.54. The van der Waals surface area contributed by atoms with Gasteiger partial charge in [0.1, 0.15) is 5.82 Å². The first-order chi connectivity index (χ1) is 7.02. The minimum Gasteiger partial charge on any atom is -0.396 e. The molecule has 0 atom stereocenters. The molecule has 0 saturated carbocycles. The van der Waals surface area contributed by atoms with Gasteiger partial charge in [0, 0.05) is 19.7 Å². The van der Waals surface area contributed by atoms with Crippen molar-refractivity contribution < 1.29 is 9.18 Å². The summed E-state index contributed by atoms with van der Waals surface area (Å²) in [5.41, 5.74) is 5.62. The number of benzene rings is 1. The topological polar surface area (TPSA) is 46.3 Å². The fourth-order valence-electron chi connectivity index (χ4n) is 0.918. The van der Waals surface area contributed by atoms with E-state index in [-0.39, 0.29) is 11.6 Å². The van der Waals surface area contributed by atoms with Gasteiger partial charge in [-0.1, -0.05) is 13.8 Å². The quantitative estimate of drug-likeness (QED) is 0.725. The van der Waals surface area contributed by atoms with Crippen LogP contribution in [0.5, 0.6) is 0 Å². The molecule has 0 spiro atoms. The van der Waals surface area contributed by atoms with Gasteiger partial charge in [-0.05, 0) is 18.2 Å². The zero-order chi connectivity index (χ0) is 12.0. The zero-order valence-corrected chi connectivity index (χ0v) is 9.54. The number of halogens is 1. The number of hydrogen-bond acceptors (Lipinski definition) is 2. The summed E-state index contributed by atoms with van der Waals surface area (Å²) >= 11 is 0. The van der Waals surface area contributed by atoms with Gasteiger partial charge in [0.25, 0.3) is 5.91 Å². The Morgan fingerprint density at radius 2 is 1.87 bits per heavy atom. The second-order valence-electron chi connectivity index (χ2n) is 2.94. The Bertz CT molecular complexity index is 337. The standard InChI is InChI=1S/C9H11FN2O.C2H6/c1-12(2)9(13)6-3-4-8(11)7(10)5-6;1-2/h3-5H,11H2,1-2H3;1-2H3. The van der Waals surface area contributed by atoms with E-state index in [0.29, 0.717) is 5.56 Å². The predicted octanol–water partition coefficient (Wildman–Crippen LogP) is 2.14. The average molecular weight is 212 g/mol. The SMILES string of the molecule is CC.CN(C)C(=O)c1ccc(N)c(F)c1. The first kappa shape index (κ1) is 13.4. The lowest BCUT2D eigenvalue weighted by Gasteiger charge is -2.10. The molecule has 84 valence electrons. The van der Waals surface area contributed by atoms with Gasteiger partial charge < -0.3 is 10.6 Å². The van der Waals surface area contributed by atoms with Crippen molar-refractivity contribution in [1.82, 2.24) is 4.90 Å². The number of nitrogens with two attached hydrogens (primary N) is 1. The number of carbonyl (C=O) groups is 1. The van der Waals surface area contributed by atoms with Crippen molar-refractivity contribution in [3.63, 3.8) is 0 Å². The van der Waals surface area contributed by atoms with Crippen molar-refractivity contribution >= 4 is 11.6 Å². The third-order valence-corrected chi connectivity index (χ3v) is 1.65. The molecule has 0 aliphatic heterocycles. The van der Waals surface area contributed by atoms with Gasteiger partial charge in [0.05, 0.1) is 5.69 Å². The highest BCUT2D eigenvalue weighted by Gasteiger charge is 2.09. The molecule has 2 N–H and O–H groups in total. The van der Waals surface area contributed by atoms with E-state index in [0.717, 1.165) is 6.07 Å². The van der Waals surface area contributed by atoms with E-state index in [4.69, 9.17) is 5.73 Å². The van der Waals surface area contributed by atoms with E-state index >= 15 is 0 Å². The number of amides is 1. The van der Waals surface area contributed by atoms with E-state index in [9.17, 15) is 9.18 Å². The van der Waals surface area contributed by atoms with Crippen molar-refractivity contribution in [3.05, 3.63) is 29.6 Å². The maximum atomic E-state index is 12.9. The highest BCUT2D eigenvalue weighted by atomic mass is 19.1. The first-order valence-electron chi connectivity index (χ1n) is 4.79. The molecule has 0 aromatic heterocycles. The molecule has 0 fully saturated rings. The molecule has 4 heteroatoms. The second-order valence-corrected chi connectivity index (χ2v) is 2.94. The molecule has 0 unspecified atom stereocenters. The molecule has 1 rings (SSSR count). The fraction of sp³-hybridized carbons (Fsp3) is 0.364. The van der Waals surface area contributed by atoms with Crippen molar-refractivity contribution in [1.29, 1.82) is 0 Å². The maximum Gasteiger partial charge on any atom is 0.253 e. The van der Waals surface area contributed by atoms with Gasteiger partial charge in [0.15, 0.2) is 0 Å². The molecular weight excluding hydrogens is 195 g/mol. The van der Waals surface area contributed by atoms with Crippen LogP contribution in [0.15, 0.2) is 18.2 Å². The van der Waals surface area contributed by atoms with Gasteiger partial charge in [-0.3, -0.25) is 4.79 Å². The summed E-state index contributed by atoms with van der Waals surface area (Å²) < 4.78 is 12.9. The monoisotopic (exact) mass is 212 g/mol. The lowest BCUT2D eigenvalue weighted by molar-refractivity contribution is 0.0827. The summed E-state index contributed by atoms with van der Waals surface area (Å²) in [5.74, 6) is -0.799. The van der Waals surface area contributed by atoms with Crippen molar-refractivity contribution in [2.24, 2.45) is 0 Å². The van der Waals surface area contributed by atoms with E-state index in [1.165, 1.54) is 17.0 Å². The lowest BCUT2D eigenvalue weighted by atomic mass is 10.2. The molecule has 0 aliphatic carbocycles. The second kappa shape index (κ2) is 6.01. The Morgan fingerprint density at radius 3 is 2.27 bits per heavy atom. The van der Waals surface area contributed by atoms with Gasteiger partial charge in [-0.2, -0.15) is 0 Å². The molecule has 1 aromatic rings. The van der Waals surface area contributed by atoms with Crippen LogP contribution in [0.1, 0.15) is 24.2 Å². The molecule has 0 aliphatic rings. The van der Waals surface area contributed by atoms with Gasteiger partial charge in [0.2, 0.25) is 0 Å². The van der Waals surface area contributed by atoms with Gasteiger partial charge in [-0.15, -0.1) is 0 Å². The normalized spacial score (nSPS) is 8.87. The van der Waals surface area contributed by atoms with Crippen molar-refractivity contribution in [2.45, 2.75) is 13.8 Å². The largest absolute Gasteiger partial charge is 0.396 e. The van der Waals surface area contributed by atoms with Crippen molar-refractivity contribution in [3.8, 4) is 0 Å². The number of rotatable bonds is 1. The molecule has 1 amide bonds. The Kier molecular flexibility index (Phi) is 5.37. The van der Waals surface area contributed by atoms with Gasteiger partial charge >= 0.3 is 0 Å². The van der Waals surface area contributed by atoms with E-state index in [1.807, 2.05) is 13.8 Å². The van der Waals surface area contributed by atoms with E-state index in [2.05, 4.69) is 0 Å². The maximum absolute atomic E-state index is 12.9. The Hall–Kier alpha value is -1.58. The molecule has 1 aromatic carbocycles. The van der Waals surface area contributed by atoms with Crippen LogP contribution in [0.2, 0.25) is 0 Å². The van der Waals surface area contributed by atoms with E-state index in [1.54, 1.807) is 14.1 Å². The Morgan fingerprint density at radius 1 is 1.33 bits per heavy atom. The minimum absolute atomic E-state index is 0.0512. The van der Waals surface area contributed by atoms with Crippen LogP contribution in [-0.2, 0) is 0 Å². The summed E-state index contributed by atoms with van der Waals surface area (Å²) in [6.45, 7) is 4.00. The highest BCUT2D eigenvalue weighted by Crippen LogP contribution is 2.12. The van der Waals surface area contributed by atoms with Crippen LogP contribution in [0.3, 0.4) is 0 Å². The van der Waals surface area contributed by atoms with Crippen LogP contribution in [0.4, 0.5) is 10.1 Å². The number of hydrogen-bond donors (Lipinski definition) is 1.